The fraction of sp³-hybridized carbons (Fsp3) is 0.0909. The first-order valence-corrected chi connectivity index (χ1v) is 10.8. The number of nitrogens with one attached hydrogen (secondary N) is 1. The predicted molar refractivity (Wildman–Crippen MR) is 119 cm³/mol. The summed E-state index contributed by atoms with van der Waals surface area (Å²) in [6.07, 6.45) is 3.50. The molecule has 0 bridgehead atoms. The van der Waals surface area contributed by atoms with E-state index in [2.05, 4.69) is 30.8 Å². The number of carbonyl (C=O) groups excluding carboxylic acids is 1. The number of para-hydroxylation sites is 1. The maximum Gasteiger partial charge on any atom is 0.234 e. The van der Waals surface area contributed by atoms with Crippen LogP contribution in [0, 0.1) is 0 Å². The summed E-state index contributed by atoms with van der Waals surface area (Å²) in [5.74, 6) is 1.03. The van der Waals surface area contributed by atoms with E-state index in [1.165, 1.54) is 11.8 Å². The van der Waals surface area contributed by atoms with Gasteiger partial charge in [-0.2, -0.15) is 0 Å². The van der Waals surface area contributed by atoms with Crippen LogP contribution in [0.15, 0.2) is 93.2 Å². The third kappa shape index (κ3) is 4.99. The summed E-state index contributed by atoms with van der Waals surface area (Å²) in [5.41, 5.74) is 2.81. The van der Waals surface area contributed by atoms with Gasteiger partial charge in [0.25, 0.3) is 0 Å². The molecule has 2 heterocycles. The summed E-state index contributed by atoms with van der Waals surface area (Å²) in [6.45, 7) is 0.543. The third-order valence-electron chi connectivity index (χ3n) is 4.24. The fourth-order valence-electron chi connectivity index (χ4n) is 2.88. The standard InChI is InChI=1S/C22H18BrN3O2S/c23-17-10-8-16(9-11-17)20-13-24-22(26(20)14-19-7-4-12-28-19)29-15-21(27)25-18-5-2-1-3-6-18/h1-13H,14-15H2,(H,25,27). The van der Waals surface area contributed by atoms with Gasteiger partial charge in [0.15, 0.2) is 5.16 Å². The molecule has 0 fully saturated rings. The maximum atomic E-state index is 12.3. The first-order valence-electron chi connectivity index (χ1n) is 9.00. The number of amides is 1. The van der Waals surface area contributed by atoms with Gasteiger partial charge in [0, 0.05) is 10.2 Å². The zero-order valence-corrected chi connectivity index (χ0v) is 17.8. The van der Waals surface area contributed by atoms with Gasteiger partial charge in [0.1, 0.15) is 5.76 Å². The van der Waals surface area contributed by atoms with Gasteiger partial charge in [-0.3, -0.25) is 4.79 Å². The van der Waals surface area contributed by atoms with Gasteiger partial charge in [0.05, 0.1) is 30.5 Å². The Morgan fingerprint density at radius 3 is 2.59 bits per heavy atom. The molecule has 0 aliphatic rings. The Labute approximate surface area is 181 Å². The lowest BCUT2D eigenvalue weighted by atomic mass is 10.2. The number of nitrogens with zero attached hydrogens (tertiary/aromatic N) is 2. The molecule has 1 N–H and O–H groups in total. The van der Waals surface area contributed by atoms with E-state index in [0.29, 0.717) is 6.54 Å². The predicted octanol–water partition coefficient (Wildman–Crippen LogP) is 5.68. The monoisotopic (exact) mass is 467 g/mol. The molecule has 29 heavy (non-hydrogen) atoms. The first-order chi connectivity index (χ1) is 14.2. The molecule has 7 heteroatoms. The molecule has 0 unspecified atom stereocenters. The van der Waals surface area contributed by atoms with E-state index >= 15 is 0 Å². The topological polar surface area (TPSA) is 60.1 Å². The lowest BCUT2D eigenvalue weighted by Crippen LogP contribution is -2.14. The van der Waals surface area contributed by atoms with E-state index in [0.717, 1.165) is 32.3 Å². The molecule has 0 saturated heterocycles. The highest BCUT2D eigenvalue weighted by molar-refractivity contribution is 9.10. The Kier molecular flexibility index (Phi) is 6.17. The molecule has 4 rings (SSSR count). The molecule has 1 amide bonds. The van der Waals surface area contributed by atoms with Crippen molar-refractivity contribution in [3.8, 4) is 11.3 Å². The Morgan fingerprint density at radius 2 is 1.86 bits per heavy atom. The van der Waals surface area contributed by atoms with Crippen molar-refractivity contribution in [2.45, 2.75) is 11.7 Å². The summed E-state index contributed by atoms with van der Waals surface area (Å²) >= 11 is 4.88. The van der Waals surface area contributed by atoms with Crippen molar-refractivity contribution in [3.05, 3.63) is 89.4 Å². The van der Waals surface area contributed by atoms with Crippen molar-refractivity contribution in [2.75, 3.05) is 11.1 Å². The summed E-state index contributed by atoms with van der Waals surface area (Å²) in [5, 5.41) is 3.67. The number of thioether (sulfide) groups is 1. The number of halogens is 1. The minimum atomic E-state index is -0.0704. The van der Waals surface area contributed by atoms with Crippen molar-refractivity contribution in [1.82, 2.24) is 9.55 Å². The lowest BCUT2D eigenvalue weighted by molar-refractivity contribution is -0.113. The molecule has 0 atom stereocenters. The minimum Gasteiger partial charge on any atom is -0.467 e. The molecule has 5 nitrogen and oxygen atoms in total. The number of benzene rings is 2. The van der Waals surface area contributed by atoms with Crippen molar-refractivity contribution >= 4 is 39.3 Å². The first kappa shape index (κ1) is 19.5. The summed E-state index contributed by atoms with van der Waals surface area (Å²) < 4.78 is 8.62. The van der Waals surface area contributed by atoms with Gasteiger partial charge >= 0.3 is 0 Å². The van der Waals surface area contributed by atoms with Crippen LogP contribution in [0.5, 0.6) is 0 Å². The quantitative estimate of drug-likeness (QED) is 0.355. The SMILES string of the molecule is O=C(CSc1ncc(-c2ccc(Br)cc2)n1Cc1ccco1)Nc1ccccc1. The van der Waals surface area contributed by atoms with Crippen molar-refractivity contribution < 1.29 is 9.21 Å². The molecule has 2 aromatic heterocycles. The summed E-state index contributed by atoms with van der Waals surface area (Å²) in [6, 6.07) is 21.3. The second-order valence-electron chi connectivity index (χ2n) is 6.30. The van der Waals surface area contributed by atoms with Gasteiger partial charge < -0.3 is 14.3 Å². The van der Waals surface area contributed by atoms with Gasteiger partial charge in [-0.05, 0) is 42.0 Å². The second kappa shape index (κ2) is 9.15. The second-order valence-corrected chi connectivity index (χ2v) is 8.16. The molecule has 0 radical (unpaired) electrons. The summed E-state index contributed by atoms with van der Waals surface area (Å²) in [4.78, 5) is 16.9. The van der Waals surface area contributed by atoms with E-state index in [1.807, 2.05) is 72.9 Å². The third-order valence-corrected chi connectivity index (χ3v) is 5.76. The molecule has 146 valence electrons. The minimum absolute atomic E-state index is 0.0704. The zero-order valence-electron chi connectivity index (χ0n) is 15.4. The van der Waals surface area contributed by atoms with Gasteiger partial charge in [-0.1, -0.05) is 58.0 Å². The van der Waals surface area contributed by atoms with Crippen LogP contribution in [-0.4, -0.2) is 21.2 Å². The number of hydrogen-bond acceptors (Lipinski definition) is 4. The average Bonchev–Trinajstić information content (AvgIpc) is 3.38. The number of hydrogen-bond donors (Lipinski definition) is 1. The lowest BCUT2D eigenvalue weighted by Gasteiger charge is -2.11. The Hall–Kier alpha value is -2.77. The number of carbonyl (C=O) groups is 1. The molecule has 0 aliphatic carbocycles. The van der Waals surface area contributed by atoms with Crippen molar-refractivity contribution in [2.24, 2.45) is 0 Å². The maximum absolute atomic E-state index is 12.3. The van der Waals surface area contributed by atoms with Crippen molar-refractivity contribution in [3.63, 3.8) is 0 Å². The van der Waals surface area contributed by atoms with E-state index in [4.69, 9.17) is 4.42 Å². The van der Waals surface area contributed by atoms with Crippen LogP contribution in [0.4, 0.5) is 5.69 Å². The smallest absolute Gasteiger partial charge is 0.234 e. The molecule has 0 spiro atoms. The highest BCUT2D eigenvalue weighted by Crippen LogP contribution is 2.28. The number of imidazole rings is 1. The van der Waals surface area contributed by atoms with E-state index in [-0.39, 0.29) is 11.7 Å². The average molecular weight is 468 g/mol. The van der Waals surface area contributed by atoms with E-state index in [1.54, 1.807) is 6.26 Å². The fourth-order valence-corrected chi connectivity index (χ4v) is 3.93. The van der Waals surface area contributed by atoms with Crippen LogP contribution >= 0.6 is 27.7 Å². The number of anilines is 1. The van der Waals surface area contributed by atoms with Crippen LogP contribution in [0.2, 0.25) is 0 Å². The zero-order chi connectivity index (χ0) is 20.1. The number of furan rings is 1. The van der Waals surface area contributed by atoms with Crippen LogP contribution in [0.25, 0.3) is 11.3 Å². The Bertz CT molecular complexity index is 1080. The summed E-state index contributed by atoms with van der Waals surface area (Å²) in [7, 11) is 0. The normalized spacial score (nSPS) is 10.8. The van der Waals surface area contributed by atoms with Gasteiger partial charge in [-0.25, -0.2) is 4.98 Å². The van der Waals surface area contributed by atoms with Crippen LogP contribution in [-0.2, 0) is 11.3 Å². The Morgan fingerprint density at radius 1 is 1.07 bits per heavy atom. The van der Waals surface area contributed by atoms with Crippen LogP contribution in [0.3, 0.4) is 0 Å². The number of aromatic nitrogens is 2. The number of rotatable bonds is 7. The molecular formula is C22H18BrN3O2S. The molecular weight excluding hydrogens is 450 g/mol. The van der Waals surface area contributed by atoms with E-state index in [9.17, 15) is 4.79 Å². The van der Waals surface area contributed by atoms with E-state index < -0.39 is 0 Å². The molecule has 4 aromatic rings. The molecule has 2 aromatic carbocycles. The van der Waals surface area contributed by atoms with Crippen molar-refractivity contribution in [1.29, 1.82) is 0 Å². The highest BCUT2D eigenvalue weighted by atomic mass is 79.9. The van der Waals surface area contributed by atoms with Crippen LogP contribution in [0.1, 0.15) is 5.76 Å². The largest absolute Gasteiger partial charge is 0.467 e. The molecule has 0 aliphatic heterocycles. The molecule has 0 saturated carbocycles. The van der Waals surface area contributed by atoms with Crippen LogP contribution < -0.4 is 5.32 Å². The Balaban J connectivity index is 1.54. The van der Waals surface area contributed by atoms with Gasteiger partial charge in [-0.15, -0.1) is 0 Å². The highest BCUT2D eigenvalue weighted by Gasteiger charge is 2.15. The van der Waals surface area contributed by atoms with Gasteiger partial charge in [0.2, 0.25) is 5.91 Å².